The summed E-state index contributed by atoms with van der Waals surface area (Å²) in [4.78, 5) is 26.7. The van der Waals surface area contributed by atoms with Gasteiger partial charge in [0, 0.05) is 30.5 Å². The molecule has 0 atom stereocenters. The summed E-state index contributed by atoms with van der Waals surface area (Å²) < 4.78 is 0. The molecule has 1 aliphatic heterocycles. The fourth-order valence-electron chi connectivity index (χ4n) is 1.80. The van der Waals surface area contributed by atoms with E-state index in [4.69, 9.17) is 5.11 Å². The normalized spacial score (nSPS) is 15.3. The van der Waals surface area contributed by atoms with Crippen LogP contribution in [-0.4, -0.2) is 48.1 Å². The van der Waals surface area contributed by atoms with Crippen LogP contribution in [0, 0.1) is 12.8 Å². The average Bonchev–Trinajstić information content (AvgIpc) is 2.71. The fraction of sp³-hybridized carbons (Fsp3) is 0.500. The third-order valence-corrected chi connectivity index (χ3v) is 3.93. The highest BCUT2D eigenvalue weighted by molar-refractivity contribution is 7.13. The highest BCUT2D eigenvalue weighted by Gasteiger charge is 2.29. The van der Waals surface area contributed by atoms with Gasteiger partial charge in [-0.05, 0) is 19.1 Å². The Kier molecular flexibility index (Phi) is 3.98. The van der Waals surface area contributed by atoms with Gasteiger partial charge in [-0.2, -0.15) is 0 Å². The zero-order valence-corrected chi connectivity index (χ0v) is 11.0. The van der Waals surface area contributed by atoms with Crippen molar-refractivity contribution in [2.24, 2.45) is 5.92 Å². The van der Waals surface area contributed by atoms with Crippen molar-refractivity contribution in [3.05, 3.63) is 21.9 Å². The number of aliphatic hydroxyl groups is 1. The third-order valence-electron chi connectivity index (χ3n) is 2.93. The summed E-state index contributed by atoms with van der Waals surface area (Å²) >= 11 is 1.41. The number of nitrogens with zero attached hydrogens (tertiary/aromatic N) is 1. The van der Waals surface area contributed by atoms with E-state index in [2.05, 4.69) is 5.32 Å². The maximum Gasteiger partial charge on any atom is 0.261 e. The zero-order chi connectivity index (χ0) is 13.1. The van der Waals surface area contributed by atoms with Gasteiger partial charge in [-0.15, -0.1) is 11.3 Å². The molecular formula is C12H16N2O3S. The minimum absolute atomic E-state index is 0.0218. The Morgan fingerprint density at radius 1 is 1.50 bits per heavy atom. The van der Waals surface area contributed by atoms with Gasteiger partial charge in [-0.1, -0.05) is 0 Å². The van der Waals surface area contributed by atoms with Crippen molar-refractivity contribution in [2.75, 3.05) is 26.2 Å². The predicted octanol–water partition coefficient (Wildman–Crippen LogP) is 0.237. The van der Waals surface area contributed by atoms with E-state index in [1.54, 1.807) is 11.0 Å². The smallest absolute Gasteiger partial charge is 0.261 e. The Balaban J connectivity index is 1.75. The van der Waals surface area contributed by atoms with Crippen molar-refractivity contribution in [1.29, 1.82) is 0 Å². The fourth-order valence-corrected chi connectivity index (χ4v) is 2.58. The van der Waals surface area contributed by atoms with Crippen molar-refractivity contribution in [1.82, 2.24) is 10.2 Å². The van der Waals surface area contributed by atoms with Gasteiger partial charge in [0.15, 0.2) is 0 Å². The number of thiophene rings is 1. The summed E-state index contributed by atoms with van der Waals surface area (Å²) in [7, 11) is 0. The van der Waals surface area contributed by atoms with Gasteiger partial charge in [0.05, 0.1) is 11.4 Å². The van der Waals surface area contributed by atoms with Crippen LogP contribution >= 0.6 is 11.3 Å². The summed E-state index contributed by atoms with van der Waals surface area (Å²) in [6, 6.07) is 3.63. The quantitative estimate of drug-likeness (QED) is 0.821. The summed E-state index contributed by atoms with van der Waals surface area (Å²) in [5, 5.41) is 11.5. The van der Waals surface area contributed by atoms with Crippen LogP contribution in [0.2, 0.25) is 0 Å². The molecule has 0 bridgehead atoms. The Morgan fingerprint density at radius 3 is 2.78 bits per heavy atom. The molecule has 1 saturated heterocycles. The minimum Gasteiger partial charge on any atom is -0.396 e. The van der Waals surface area contributed by atoms with Gasteiger partial charge in [0.2, 0.25) is 5.91 Å². The van der Waals surface area contributed by atoms with Crippen molar-refractivity contribution in [3.63, 3.8) is 0 Å². The number of carbonyl (C=O) groups is 2. The predicted molar refractivity (Wildman–Crippen MR) is 68.5 cm³/mol. The van der Waals surface area contributed by atoms with E-state index in [1.165, 1.54) is 11.3 Å². The number of carbonyl (C=O) groups excluding carboxylic acids is 2. The standard InChI is InChI=1S/C12H16N2O3S/c1-8-2-3-10(18-8)12(17)13-4-11(16)14-5-9(6-14)7-15/h2-3,9,15H,4-7H2,1H3,(H,13,17). The number of amides is 2. The monoisotopic (exact) mass is 268 g/mol. The molecule has 2 N–H and O–H groups in total. The Bertz CT molecular complexity index is 452. The molecule has 98 valence electrons. The first kappa shape index (κ1) is 13.0. The molecule has 1 fully saturated rings. The molecule has 1 aromatic rings. The van der Waals surface area contributed by atoms with Gasteiger partial charge in [-0.3, -0.25) is 9.59 Å². The first-order valence-electron chi connectivity index (χ1n) is 5.83. The minimum atomic E-state index is -0.208. The number of hydrogen-bond acceptors (Lipinski definition) is 4. The number of nitrogens with one attached hydrogen (secondary N) is 1. The summed E-state index contributed by atoms with van der Waals surface area (Å²) in [5.41, 5.74) is 0. The van der Waals surface area contributed by atoms with Crippen LogP contribution in [0.3, 0.4) is 0 Å². The second-order valence-electron chi connectivity index (χ2n) is 4.44. The lowest BCUT2D eigenvalue weighted by atomic mass is 10.0. The number of hydrogen-bond donors (Lipinski definition) is 2. The Hall–Kier alpha value is -1.40. The largest absolute Gasteiger partial charge is 0.396 e. The third kappa shape index (κ3) is 2.88. The van der Waals surface area contributed by atoms with Crippen molar-refractivity contribution in [2.45, 2.75) is 6.92 Å². The number of likely N-dealkylation sites (tertiary alicyclic amines) is 1. The second-order valence-corrected chi connectivity index (χ2v) is 5.73. The van der Waals surface area contributed by atoms with Crippen molar-refractivity contribution < 1.29 is 14.7 Å². The average molecular weight is 268 g/mol. The van der Waals surface area contributed by atoms with E-state index in [0.29, 0.717) is 18.0 Å². The maximum atomic E-state index is 11.7. The molecule has 5 nitrogen and oxygen atoms in total. The van der Waals surface area contributed by atoms with Gasteiger partial charge in [0.25, 0.3) is 5.91 Å². The Labute approximate surface area is 109 Å². The van der Waals surface area contributed by atoms with Crippen LogP contribution < -0.4 is 5.32 Å². The Morgan fingerprint density at radius 2 is 2.22 bits per heavy atom. The van der Waals surface area contributed by atoms with Gasteiger partial charge < -0.3 is 15.3 Å². The lowest BCUT2D eigenvalue weighted by molar-refractivity contribution is -0.137. The molecule has 2 rings (SSSR count). The van der Waals surface area contributed by atoms with E-state index in [9.17, 15) is 9.59 Å². The molecule has 1 aromatic heterocycles. The number of rotatable bonds is 4. The van der Waals surface area contributed by atoms with Crippen LogP contribution in [0.5, 0.6) is 0 Å². The maximum absolute atomic E-state index is 11.7. The molecule has 0 saturated carbocycles. The SMILES string of the molecule is Cc1ccc(C(=O)NCC(=O)N2CC(CO)C2)s1. The van der Waals surface area contributed by atoms with Gasteiger partial charge >= 0.3 is 0 Å². The van der Waals surface area contributed by atoms with Crippen molar-refractivity contribution in [3.8, 4) is 0 Å². The van der Waals surface area contributed by atoms with Gasteiger partial charge in [0.1, 0.15) is 0 Å². The number of aliphatic hydroxyl groups excluding tert-OH is 1. The molecule has 2 amide bonds. The zero-order valence-electron chi connectivity index (χ0n) is 10.2. The van der Waals surface area contributed by atoms with E-state index in [1.807, 2.05) is 13.0 Å². The molecular weight excluding hydrogens is 252 g/mol. The van der Waals surface area contributed by atoms with E-state index >= 15 is 0 Å². The molecule has 2 heterocycles. The number of aryl methyl sites for hydroxylation is 1. The van der Waals surface area contributed by atoms with Crippen LogP contribution in [-0.2, 0) is 4.79 Å². The highest BCUT2D eigenvalue weighted by atomic mass is 32.1. The van der Waals surface area contributed by atoms with Crippen LogP contribution in [0.4, 0.5) is 0 Å². The second kappa shape index (κ2) is 5.49. The topological polar surface area (TPSA) is 69.6 Å². The first-order chi connectivity index (χ1) is 8.60. The van der Waals surface area contributed by atoms with Crippen LogP contribution in [0.1, 0.15) is 14.5 Å². The van der Waals surface area contributed by atoms with E-state index < -0.39 is 0 Å². The molecule has 1 aliphatic rings. The molecule has 18 heavy (non-hydrogen) atoms. The summed E-state index contributed by atoms with van der Waals surface area (Å²) in [6.45, 7) is 3.24. The molecule has 0 aromatic carbocycles. The van der Waals surface area contributed by atoms with E-state index in [-0.39, 0.29) is 30.9 Å². The molecule has 6 heteroatoms. The lowest BCUT2D eigenvalue weighted by Crippen LogP contribution is -2.54. The lowest BCUT2D eigenvalue weighted by Gasteiger charge is -2.38. The van der Waals surface area contributed by atoms with E-state index in [0.717, 1.165) is 4.88 Å². The molecule has 0 radical (unpaired) electrons. The van der Waals surface area contributed by atoms with Crippen LogP contribution in [0.25, 0.3) is 0 Å². The molecule has 0 unspecified atom stereocenters. The van der Waals surface area contributed by atoms with Gasteiger partial charge in [-0.25, -0.2) is 0 Å². The van der Waals surface area contributed by atoms with Crippen LogP contribution in [0.15, 0.2) is 12.1 Å². The summed E-state index contributed by atoms with van der Waals surface area (Å²) in [5.74, 6) is -0.105. The molecule has 0 spiro atoms. The molecule has 0 aliphatic carbocycles. The highest BCUT2D eigenvalue weighted by Crippen LogP contribution is 2.15. The summed E-state index contributed by atoms with van der Waals surface area (Å²) in [6.07, 6.45) is 0. The first-order valence-corrected chi connectivity index (χ1v) is 6.65. The van der Waals surface area contributed by atoms with Crippen molar-refractivity contribution >= 4 is 23.2 Å².